The summed E-state index contributed by atoms with van der Waals surface area (Å²) >= 11 is 12.3. The zero-order chi connectivity index (χ0) is 13.8. The van der Waals surface area contributed by atoms with Crippen LogP contribution in [0.15, 0.2) is 18.2 Å². The molecule has 2 atom stereocenters. The lowest BCUT2D eigenvalue weighted by molar-refractivity contribution is 0.0818. The Balaban J connectivity index is 2.08. The van der Waals surface area contributed by atoms with E-state index in [1.807, 2.05) is 25.1 Å². The van der Waals surface area contributed by atoms with Crippen molar-refractivity contribution in [2.75, 3.05) is 6.54 Å². The average molecular weight is 302 g/mol. The second kappa shape index (κ2) is 6.94. The molecule has 1 aromatic rings. The smallest absolute Gasteiger partial charge is 0.0637 e. The van der Waals surface area contributed by atoms with Crippen LogP contribution in [0.2, 0.25) is 10.0 Å². The van der Waals surface area contributed by atoms with Crippen molar-refractivity contribution in [3.05, 3.63) is 33.8 Å². The standard InChI is InChI=1S/C15H21Cl2NO/c1-11(19)9-13-6-2-3-8-18(13)10-12-5-4-7-14(16)15(12)17/h4-5,7,11,13,19H,2-3,6,8-10H2,1H3. The SMILES string of the molecule is CC(O)CC1CCCCN1Cc1cccc(Cl)c1Cl. The maximum atomic E-state index is 9.61. The van der Waals surface area contributed by atoms with Crippen LogP contribution in [-0.2, 0) is 6.54 Å². The molecule has 2 nitrogen and oxygen atoms in total. The van der Waals surface area contributed by atoms with E-state index in [-0.39, 0.29) is 6.10 Å². The van der Waals surface area contributed by atoms with E-state index in [0.717, 1.165) is 31.5 Å². The zero-order valence-corrected chi connectivity index (χ0v) is 12.8. The zero-order valence-electron chi connectivity index (χ0n) is 11.3. The average Bonchev–Trinajstić information content (AvgIpc) is 2.36. The first kappa shape index (κ1) is 15.1. The first-order valence-electron chi connectivity index (χ1n) is 6.93. The molecule has 2 unspecified atom stereocenters. The Labute approximate surface area is 125 Å². The lowest BCUT2D eigenvalue weighted by Gasteiger charge is -2.36. The van der Waals surface area contributed by atoms with Crippen molar-refractivity contribution in [1.29, 1.82) is 0 Å². The molecule has 1 aromatic carbocycles. The number of rotatable bonds is 4. The van der Waals surface area contributed by atoms with E-state index in [4.69, 9.17) is 23.2 Å². The molecule has 0 saturated carbocycles. The van der Waals surface area contributed by atoms with Gasteiger partial charge in [-0.3, -0.25) is 4.90 Å². The maximum absolute atomic E-state index is 9.61. The van der Waals surface area contributed by atoms with Crippen LogP contribution >= 0.6 is 23.2 Å². The molecule has 1 fully saturated rings. The maximum Gasteiger partial charge on any atom is 0.0637 e. The Bertz CT molecular complexity index is 423. The fourth-order valence-corrected chi connectivity index (χ4v) is 3.20. The van der Waals surface area contributed by atoms with Gasteiger partial charge in [-0.05, 0) is 44.4 Å². The van der Waals surface area contributed by atoms with Crippen LogP contribution in [0.25, 0.3) is 0 Å². The summed E-state index contributed by atoms with van der Waals surface area (Å²) in [6, 6.07) is 6.24. The largest absolute Gasteiger partial charge is 0.393 e. The minimum atomic E-state index is -0.250. The van der Waals surface area contributed by atoms with Crippen LogP contribution in [0.4, 0.5) is 0 Å². The summed E-state index contributed by atoms with van der Waals surface area (Å²) < 4.78 is 0. The summed E-state index contributed by atoms with van der Waals surface area (Å²) in [5.74, 6) is 0. The molecule has 2 rings (SSSR count). The van der Waals surface area contributed by atoms with Gasteiger partial charge in [0.15, 0.2) is 0 Å². The van der Waals surface area contributed by atoms with Crippen LogP contribution in [0.5, 0.6) is 0 Å². The van der Waals surface area contributed by atoms with Gasteiger partial charge in [0.05, 0.1) is 16.1 Å². The van der Waals surface area contributed by atoms with Gasteiger partial charge in [0, 0.05) is 12.6 Å². The molecule has 1 N–H and O–H groups in total. The quantitative estimate of drug-likeness (QED) is 0.904. The van der Waals surface area contributed by atoms with E-state index in [1.165, 1.54) is 12.8 Å². The third-order valence-corrected chi connectivity index (χ3v) is 4.63. The molecule has 106 valence electrons. The van der Waals surface area contributed by atoms with Crippen LogP contribution < -0.4 is 0 Å². The van der Waals surface area contributed by atoms with Crippen molar-refractivity contribution in [1.82, 2.24) is 4.90 Å². The Morgan fingerprint density at radius 2 is 2.16 bits per heavy atom. The molecular formula is C15H21Cl2NO. The van der Waals surface area contributed by atoms with Crippen molar-refractivity contribution in [3.63, 3.8) is 0 Å². The van der Waals surface area contributed by atoms with Gasteiger partial charge >= 0.3 is 0 Å². The number of aliphatic hydroxyl groups is 1. The molecule has 1 heterocycles. The van der Waals surface area contributed by atoms with E-state index < -0.39 is 0 Å². The van der Waals surface area contributed by atoms with Crippen LogP contribution in [-0.4, -0.2) is 28.7 Å². The highest BCUT2D eigenvalue weighted by Crippen LogP contribution is 2.29. The third kappa shape index (κ3) is 4.09. The Morgan fingerprint density at radius 1 is 1.37 bits per heavy atom. The number of piperidine rings is 1. The minimum absolute atomic E-state index is 0.250. The molecule has 0 aliphatic carbocycles. The summed E-state index contributed by atoms with van der Waals surface area (Å²) in [6.07, 6.45) is 4.20. The third-order valence-electron chi connectivity index (χ3n) is 3.77. The van der Waals surface area contributed by atoms with Crippen molar-refractivity contribution < 1.29 is 5.11 Å². The Morgan fingerprint density at radius 3 is 2.89 bits per heavy atom. The first-order chi connectivity index (χ1) is 9.08. The number of hydrogen-bond acceptors (Lipinski definition) is 2. The Hall–Kier alpha value is -0.280. The summed E-state index contributed by atoms with van der Waals surface area (Å²) in [5, 5.41) is 10.9. The number of aliphatic hydroxyl groups excluding tert-OH is 1. The van der Waals surface area contributed by atoms with Gasteiger partial charge in [-0.1, -0.05) is 41.8 Å². The van der Waals surface area contributed by atoms with E-state index in [9.17, 15) is 5.11 Å². The fraction of sp³-hybridized carbons (Fsp3) is 0.600. The lowest BCUT2D eigenvalue weighted by Crippen LogP contribution is -2.40. The van der Waals surface area contributed by atoms with Gasteiger partial charge in [0.2, 0.25) is 0 Å². The van der Waals surface area contributed by atoms with Crippen LogP contribution in [0.3, 0.4) is 0 Å². The second-order valence-corrected chi connectivity index (χ2v) is 6.20. The predicted octanol–water partition coefficient (Wildman–Crippen LogP) is 4.12. The molecule has 19 heavy (non-hydrogen) atoms. The molecule has 1 saturated heterocycles. The molecule has 0 aromatic heterocycles. The highest BCUT2D eigenvalue weighted by Gasteiger charge is 2.24. The predicted molar refractivity (Wildman–Crippen MR) is 80.8 cm³/mol. The normalized spacial score (nSPS) is 22.4. The molecular weight excluding hydrogens is 281 g/mol. The van der Waals surface area contributed by atoms with Crippen molar-refractivity contribution >= 4 is 23.2 Å². The molecule has 0 amide bonds. The molecule has 0 radical (unpaired) electrons. The van der Waals surface area contributed by atoms with Gasteiger partial charge in [0.1, 0.15) is 0 Å². The van der Waals surface area contributed by atoms with E-state index in [0.29, 0.717) is 16.1 Å². The number of likely N-dealkylation sites (tertiary alicyclic amines) is 1. The first-order valence-corrected chi connectivity index (χ1v) is 7.68. The summed E-state index contributed by atoms with van der Waals surface area (Å²) in [5.41, 5.74) is 1.08. The van der Waals surface area contributed by atoms with Crippen molar-refractivity contribution in [2.45, 2.75) is 51.3 Å². The van der Waals surface area contributed by atoms with Gasteiger partial charge in [-0.15, -0.1) is 0 Å². The van der Waals surface area contributed by atoms with Gasteiger partial charge in [-0.25, -0.2) is 0 Å². The monoisotopic (exact) mass is 301 g/mol. The van der Waals surface area contributed by atoms with Gasteiger partial charge in [0.25, 0.3) is 0 Å². The second-order valence-electron chi connectivity index (χ2n) is 5.42. The van der Waals surface area contributed by atoms with Crippen molar-refractivity contribution in [3.8, 4) is 0 Å². The minimum Gasteiger partial charge on any atom is -0.393 e. The van der Waals surface area contributed by atoms with Crippen LogP contribution in [0.1, 0.15) is 38.2 Å². The van der Waals surface area contributed by atoms with E-state index in [1.54, 1.807) is 0 Å². The molecule has 0 bridgehead atoms. The van der Waals surface area contributed by atoms with E-state index in [2.05, 4.69) is 4.90 Å². The number of hydrogen-bond donors (Lipinski definition) is 1. The Kier molecular flexibility index (Phi) is 5.52. The van der Waals surface area contributed by atoms with Gasteiger partial charge in [-0.2, -0.15) is 0 Å². The lowest BCUT2D eigenvalue weighted by atomic mass is 9.96. The highest BCUT2D eigenvalue weighted by atomic mass is 35.5. The fourth-order valence-electron chi connectivity index (χ4n) is 2.82. The topological polar surface area (TPSA) is 23.5 Å². The highest BCUT2D eigenvalue weighted by molar-refractivity contribution is 6.42. The van der Waals surface area contributed by atoms with Gasteiger partial charge < -0.3 is 5.11 Å². The molecule has 1 aliphatic heterocycles. The molecule has 1 aliphatic rings. The summed E-state index contributed by atoms with van der Waals surface area (Å²) in [7, 11) is 0. The summed E-state index contributed by atoms with van der Waals surface area (Å²) in [6.45, 7) is 3.75. The number of benzene rings is 1. The van der Waals surface area contributed by atoms with Crippen LogP contribution in [0, 0.1) is 0 Å². The van der Waals surface area contributed by atoms with Crippen molar-refractivity contribution in [2.24, 2.45) is 0 Å². The van der Waals surface area contributed by atoms with E-state index >= 15 is 0 Å². The number of nitrogens with zero attached hydrogens (tertiary/aromatic N) is 1. The number of halogens is 2. The molecule has 0 spiro atoms. The molecule has 4 heteroatoms. The summed E-state index contributed by atoms with van der Waals surface area (Å²) in [4.78, 5) is 2.42.